The first kappa shape index (κ1) is 15.1. The Morgan fingerprint density at radius 3 is 2.78 bits per heavy atom. The van der Waals surface area contributed by atoms with Crippen LogP contribution in [-0.2, 0) is 0 Å². The van der Waals surface area contributed by atoms with Crippen molar-refractivity contribution in [2.75, 3.05) is 18.5 Å². The highest BCUT2D eigenvalue weighted by Crippen LogP contribution is 2.20. The summed E-state index contributed by atoms with van der Waals surface area (Å²) in [6.07, 6.45) is 0. The first-order valence-electron chi connectivity index (χ1n) is 7.27. The Morgan fingerprint density at radius 2 is 2.04 bits per heavy atom. The van der Waals surface area contributed by atoms with Gasteiger partial charge in [0.25, 0.3) is 5.91 Å². The molecule has 0 atom stereocenters. The van der Waals surface area contributed by atoms with E-state index in [0.717, 1.165) is 16.5 Å². The summed E-state index contributed by atoms with van der Waals surface area (Å²) in [5.74, 6) is 0.365. The molecule has 1 heterocycles. The zero-order chi connectivity index (χ0) is 16.2. The number of nitrogens with one attached hydrogen (secondary N) is 2. The number of H-pyrrole nitrogens is 1. The van der Waals surface area contributed by atoms with Gasteiger partial charge in [0, 0.05) is 11.1 Å². The van der Waals surface area contributed by atoms with Gasteiger partial charge in [-0.25, -0.2) is 0 Å². The Morgan fingerprint density at radius 1 is 1.26 bits per heavy atom. The minimum atomic E-state index is -0.272. The van der Waals surface area contributed by atoms with Gasteiger partial charge in [-0.3, -0.25) is 9.89 Å². The number of hydrogen-bond acceptors (Lipinski definition) is 4. The van der Waals surface area contributed by atoms with Crippen molar-refractivity contribution in [2.45, 2.75) is 6.92 Å². The van der Waals surface area contributed by atoms with E-state index in [1.54, 1.807) is 24.3 Å². The van der Waals surface area contributed by atoms with E-state index in [-0.39, 0.29) is 19.1 Å². The Kier molecular flexibility index (Phi) is 4.25. The first-order chi connectivity index (χ1) is 11.2. The molecule has 0 fully saturated rings. The predicted octanol–water partition coefficient (Wildman–Crippen LogP) is 2.49. The van der Waals surface area contributed by atoms with Gasteiger partial charge in [0.05, 0.1) is 12.1 Å². The van der Waals surface area contributed by atoms with Crippen molar-refractivity contribution >= 4 is 22.5 Å². The number of amides is 1. The van der Waals surface area contributed by atoms with E-state index in [4.69, 9.17) is 9.84 Å². The van der Waals surface area contributed by atoms with Crippen LogP contribution >= 0.6 is 0 Å². The molecule has 0 unspecified atom stereocenters. The molecule has 1 aromatic heterocycles. The molecular weight excluding hydrogens is 294 g/mol. The maximum absolute atomic E-state index is 12.4. The number of ether oxygens (including phenoxy) is 1. The third-order valence-corrected chi connectivity index (χ3v) is 3.41. The minimum absolute atomic E-state index is 0.0376. The number of aromatic amines is 1. The second-order valence-corrected chi connectivity index (χ2v) is 5.17. The number of nitrogens with zero attached hydrogens (tertiary/aromatic N) is 1. The Hall–Kier alpha value is -2.86. The number of rotatable bonds is 5. The van der Waals surface area contributed by atoms with Gasteiger partial charge in [0.2, 0.25) is 0 Å². The lowest BCUT2D eigenvalue weighted by molar-refractivity contribution is 0.102. The van der Waals surface area contributed by atoms with Crippen LogP contribution in [-0.4, -0.2) is 34.4 Å². The lowest BCUT2D eigenvalue weighted by Gasteiger charge is -2.06. The van der Waals surface area contributed by atoms with Crippen molar-refractivity contribution in [1.82, 2.24) is 10.2 Å². The quantitative estimate of drug-likeness (QED) is 0.675. The number of benzene rings is 2. The molecule has 0 aliphatic carbocycles. The maximum atomic E-state index is 12.4. The van der Waals surface area contributed by atoms with E-state index in [0.29, 0.717) is 17.1 Å². The summed E-state index contributed by atoms with van der Waals surface area (Å²) in [5, 5.41) is 19.3. The van der Waals surface area contributed by atoms with Gasteiger partial charge in [0.15, 0.2) is 5.69 Å². The molecule has 0 aliphatic rings. The Labute approximate surface area is 133 Å². The van der Waals surface area contributed by atoms with E-state index < -0.39 is 0 Å². The summed E-state index contributed by atoms with van der Waals surface area (Å²) < 4.78 is 5.28. The normalized spacial score (nSPS) is 10.7. The summed E-state index contributed by atoms with van der Waals surface area (Å²) in [6, 6.07) is 12.8. The summed E-state index contributed by atoms with van der Waals surface area (Å²) >= 11 is 0. The second kappa shape index (κ2) is 6.50. The Balaban J connectivity index is 1.76. The highest BCUT2D eigenvalue weighted by atomic mass is 16.5. The first-order valence-corrected chi connectivity index (χ1v) is 7.27. The molecule has 23 heavy (non-hydrogen) atoms. The third-order valence-electron chi connectivity index (χ3n) is 3.41. The summed E-state index contributed by atoms with van der Waals surface area (Å²) in [6.45, 7) is 2.17. The van der Waals surface area contributed by atoms with E-state index >= 15 is 0 Å². The van der Waals surface area contributed by atoms with Crippen molar-refractivity contribution < 1.29 is 14.6 Å². The molecule has 2 aromatic carbocycles. The lowest BCUT2D eigenvalue weighted by Crippen LogP contribution is -2.12. The fourth-order valence-corrected chi connectivity index (χ4v) is 2.29. The number of hydrogen-bond donors (Lipinski definition) is 3. The monoisotopic (exact) mass is 311 g/mol. The lowest BCUT2D eigenvalue weighted by atomic mass is 10.1. The second-order valence-electron chi connectivity index (χ2n) is 5.17. The highest BCUT2D eigenvalue weighted by Gasteiger charge is 2.14. The number of aliphatic hydroxyl groups is 1. The fraction of sp³-hybridized carbons (Fsp3) is 0.176. The number of aromatic nitrogens is 2. The van der Waals surface area contributed by atoms with Gasteiger partial charge in [-0.05, 0) is 43.3 Å². The van der Waals surface area contributed by atoms with Crippen molar-refractivity contribution in [3.63, 3.8) is 0 Å². The molecule has 6 heteroatoms. The number of fused-ring (bicyclic) bond motifs is 1. The average Bonchev–Trinajstić information content (AvgIpc) is 2.97. The average molecular weight is 311 g/mol. The van der Waals surface area contributed by atoms with Crippen molar-refractivity contribution in [1.29, 1.82) is 0 Å². The van der Waals surface area contributed by atoms with Gasteiger partial charge in [-0.15, -0.1) is 0 Å². The van der Waals surface area contributed by atoms with Gasteiger partial charge in [-0.2, -0.15) is 5.10 Å². The van der Waals surface area contributed by atoms with Crippen LogP contribution in [0.2, 0.25) is 0 Å². The molecule has 118 valence electrons. The molecule has 3 N–H and O–H groups in total. The molecule has 0 bridgehead atoms. The van der Waals surface area contributed by atoms with Crippen LogP contribution in [0.4, 0.5) is 5.69 Å². The van der Waals surface area contributed by atoms with Crippen LogP contribution in [0.5, 0.6) is 5.75 Å². The topological polar surface area (TPSA) is 87.2 Å². The predicted molar refractivity (Wildman–Crippen MR) is 87.8 cm³/mol. The molecule has 6 nitrogen and oxygen atoms in total. The van der Waals surface area contributed by atoms with Crippen LogP contribution < -0.4 is 10.1 Å². The molecule has 0 saturated heterocycles. The van der Waals surface area contributed by atoms with Crippen molar-refractivity contribution in [3.05, 3.63) is 53.7 Å². The number of anilines is 1. The molecular formula is C17H17N3O3. The van der Waals surface area contributed by atoms with Crippen molar-refractivity contribution in [2.24, 2.45) is 0 Å². The van der Waals surface area contributed by atoms with Crippen LogP contribution in [0.15, 0.2) is 42.5 Å². The number of carbonyl (C=O) groups excluding carboxylic acids is 1. The molecule has 1 amide bonds. The van der Waals surface area contributed by atoms with Crippen LogP contribution in [0, 0.1) is 6.92 Å². The SMILES string of the molecule is Cc1ccc2[nH]nc(C(=O)Nc3ccc(OCCO)cc3)c2c1. The zero-order valence-electron chi connectivity index (χ0n) is 12.7. The standard InChI is InChI=1S/C17H17N3O3/c1-11-2-7-15-14(10-11)16(20-19-15)17(22)18-12-3-5-13(6-4-12)23-9-8-21/h2-7,10,21H,8-9H2,1H3,(H,18,22)(H,19,20). The van der Waals surface area contributed by atoms with Crippen LogP contribution in [0.1, 0.15) is 16.1 Å². The zero-order valence-corrected chi connectivity index (χ0v) is 12.7. The molecule has 3 aromatic rings. The molecule has 3 rings (SSSR count). The largest absolute Gasteiger partial charge is 0.491 e. The smallest absolute Gasteiger partial charge is 0.276 e. The fourth-order valence-electron chi connectivity index (χ4n) is 2.29. The van der Waals surface area contributed by atoms with E-state index in [9.17, 15) is 4.79 Å². The van der Waals surface area contributed by atoms with Gasteiger partial charge in [-0.1, -0.05) is 11.6 Å². The number of aryl methyl sites for hydroxylation is 1. The van der Waals surface area contributed by atoms with Gasteiger partial charge < -0.3 is 15.2 Å². The minimum Gasteiger partial charge on any atom is -0.491 e. The molecule has 0 saturated carbocycles. The summed E-state index contributed by atoms with van der Waals surface area (Å²) in [7, 11) is 0. The maximum Gasteiger partial charge on any atom is 0.276 e. The number of carbonyl (C=O) groups is 1. The summed E-state index contributed by atoms with van der Waals surface area (Å²) in [5.41, 5.74) is 2.91. The van der Waals surface area contributed by atoms with Crippen LogP contribution in [0.3, 0.4) is 0 Å². The molecule has 0 radical (unpaired) electrons. The summed E-state index contributed by atoms with van der Waals surface area (Å²) in [4.78, 5) is 12.4. The highest BCUT2D eigenvalue weighted by molar-refractivity contribution is 6.11. The van der Waals surface area contributed by atoms with Gasteiger partial charge in [0.1, 0.15) is 12.4 Å². The third kappa shape index (κ3) is 3.32. The molecule has 0 spiro atoms. The van der Waals surface area contributed by atoms with E-state index in [1.165, 1.54) is 0 Å². The number of aliphatic hydroxyl groups excluding tert-OH is 1. The van der Waals surface area contributed by atoms with Gasteiger partial charge >= 0.3 is 0 Å². The van der Waals surface area contributed by atoms with E-state index in [2.05, 4.69) is 15.5 Å². The molecule has 0 aliphatic heterocycles. The van der Waals surface area contributed by atoms with E-state index in [1.807, 2.05) is 25.1 Å². The van der Waals surface area contributed by atoms with Crippen molar-refractivity contribution in [3.8, 4) is 5.75 Å². The van der Waals surface area contributed by atoms with Crippen LogP contribution in [0.25, 0.3) is 10.9 Å². The Bertz CT molecular complexity index is 825.